The standard InChI is InChI=1S/C9H12N3O/c13-9(8-6-10-7-11-8)12-4-2-1-3-5-12/h6H,1-5H2,(H,10,11). The van der Waals surface area contributed by atoms with Crippen LogP contribution in [-0.2, 0) is 0 Å². The minimum atomic E-state index is 0.0252. The summed E-state index contributed by atoms with van der Waals surface area (Å²) in [5, 5.41) is 0. The van der Waals surface area contributed by atoms with Crippen LogP contribution in [0.2, 0.25) is 0 Å². The molecule has 1 fully saturated rings. The van der Waals surface area contributed by atoms with E-state index < -0.39 is 0 Å². The minimum absolute atomic E-state index is 0.0252. The molecule has 0 aromatic carbocycles. The molecular weight excluding hydrogens is 166 g/mol. The van der Waals surface area contributed by atoms with Gasteiger partial charge in [-0.25, -0.2) is 4.98 Å². The maximum absolute atomic E-state index is 11.7. The maximum atomic E-state index is 11.7. The van der Waals surface area contributed by atoms with E-state index >= 15 is 0 Å². The topological polar surface area (TPSA) is 49.0 Å². The van der Waals surface area contributed by atoms with Gasteiger partial charge < -0.3 is 9.88 Å². The van der Waals surface area contributed by atoms with Crippen molar-refractivity contribution in [2.75, 3.05) is 13.1 Å². The summed E-state index contributed by atoms with van der Waals surface area (Å²) in [7, 11) is 0. The normalized spacial score (nSPS) is 17.4. The van der Waals surface area contributed by atoms with E-state index in [9.17, 15) is 4.79 Å². The Kier molecular flexibility index (Phi) is 2.29. The molecule has 0 aliphatic carbocycles. The van der Waals surface area contributed by atoms with Crippen LogP contribution in [0.25, 0.3) is 0 Å². The Morgan fingerprint density at radius 1 is 1.46 bits per heavy atom. The third kappa shape index (κ3) is 1.71. The average molecular weight is 178 g/mol. The lowest BCUT2D eigenvalue weighted by Gasteiger charge is -2.25. The fourth-order valence-electron chi connectivity index (χ4n) is 1.59. The van der Waals surface area contributed by atoms with Crippen LogP contribution in [0, 0.1) is 6.33 Å². The van der Waals surface area contributed by atoms with Crippen LogP contribution in [0.15, 0.2) is 6.20 Å². The quantitative estimate of drug-likeness (QED) is 0.692. The van der Waals surface area contributed by atoms with Gasteiger partial charge >= 0.3 is 0 Å². The van der Waals surface area contributed by atoms with E-state index in [4.69, 9.17) is 0 Å². The number of hydrogen-bond acceptors (Lipinski definition) is 2. The van der Waals surface area contributed by atoms with Gasteiger partial charge in [0.25, 0.3) is 5.91 Å². The van der Waals surface area contributed by atoms with Gasteiger partial charge in [0.15, 0.2) is 6.33 Å². The second kappa shape index (κ2) is 3.60. The van der Waals surface area contributed by atoms with Gasteiger partial charge in [0, 0.05) is 19.3 Å². The van der Waals surface area contributed by atoms with Crippen LogP contribution in [-0.4, -0.2) is 33.9 Å². The first-order valence-corrected chi connectivity index (χ1v) is 4.58. The molecule has 69 valence electrons. The highest BCUT2D eigenvalue weighted by molar-refractivity contribution is 5.92. The number of nitrogens with one attached hydrogen (secondary N) is 1. The lowest BCUT2D eigenvalue weighted by Crippen LogP contribution is -2.35. The van der Waals surface area contributed by atoms with Crippen molar-refractivity contribution in [3.63, 3.8) is 0 Å². The highest BCUT2D eigenvalue weighted by Crippen LogP contribution is 2.11. The number of aromatic amines is 1. The summed E-state index contributed by atoms with van der Waals surface area (Å²) in [6.45, 7) is 1.73. The molecule has 4 nitrogen and oxygen atoms in total. The van der Waals surface area contributed by atoms with Crippen molar-refractivity contribution in [1.82, 2.24) is 14.9 Å². The van der Waals surface area contributed by atoms with Gasteiger partial charge in [0.2, 0.25) is 0 Å². The molecule has 1 N–H and O–H groups in total. The van der Waals surface area contributed by atoms with Crippen molar-refractivity contribution in [3.05, 3.63) is 18.2 Å². The zero-order valence-corrected chi connectivity index (χ0v) is 7.42. The first kappa shape index (κ1) is 8.29. The van der Waals surface area contributed by atoms with E-state index in [0.717, 1.165) is 25.9 Å². The highest BCUT2D eigenvalue weighted by atomic mass is 16.2. The first-order valence-electron chi connectivity index (χ1n) is 4.58. The number of likely N-dealkylation sites (tertiary alicyclic amines) is 1. The van der Waals surface area contributed by atoms with Crippen LogP contribution in [0.5, 0.6) is 0 Å². The molecule has 1 aliphatic rings. The molecule has 13 heavy (non-hydrogen) atoms. The van der Waals surface area contributed by atoms with Crippen molar-refractivity contribution in [2.24, 2.45) is 0 Å². The molecule has 0 spiro atoms. The molecular formula is C9H12N3O. The molecule has 0 bridgehead atoms. The molecule has 0 atom stereocenters. The number of piperidine rings is 1. The van der Waals surface area contributed by atoms with E-state index in [1.165, 1.54) is 6.42 Å². The summed E-state index contributed by atoms with van der Waals surface area (Å²) >= 11 is 0. The smallest absolute Gasteiger partial charge is 0.274 e. The Morgan fingerprint density at radius 3 is 2.85 bits per heavy atom. The number of hydrogen-bond donors (Lipinski definition) is 1. The van der Waals surface area contributed by atoms with E-state index in [-0.39, 0.29) is 5.91 Å². The summed E-state index contributed by atoms with van der Waals surface area (Å²) in [5.41, 5.74) is 0.474. The Balaban J connectivity index is 2.04. The van der Waals surface area contributed by atoms with Crippen molar-refractivity contribution < 1.29 is 4.79 Å². The Bertz CT molecular complexity index is 275. The van der Waals surface area contributed by atoms with Crippen molar-refractivity contribution in [1.29, 1.82) is 0 Å². The number of carbonyl (C=O) groups is 1. The molecule has 1 radical (unpaired) electrons. The number of nitrogens with zero attached hydrogens (tertiary/aromatic N) is 2. The molecule has 1 aliphatic heterocycles. The van der Waals surface area contributed by atoms with E-state index in [0.29, 0.717) is 5.69 Å². The monoisotopic (exact) mass is 178 g/mol. The molecule has 2 heterocycles. The van der Waals surface area contributed by atoms with E-state index in [1.807, 2.05) is 4.90 Å². The molecule has 1 saturated heterocycles. The van der Waals surface area contributed by atoms with Crippen LogP contribution in [0.1, 0.15) is 29.8 Å². The molecule has 0 saturated carbocycles. The van der Waals surface area contributed by atoms with Gasteiger partial charge in [-0.1, -0.05) is 0 Å². The van der Waals surface area contributed by atoms with Gasteiger partial charge in [0.1, 0.15) is 5.69 Å². The molecule has 0 unspecified atom stereocenters. The fourth-order valence-corrected chi connectivity index (χ4v) is 1.59. The number of imidazole rings is 1. The number of carbonyl (C=O) groups excluding carboxylic acids is 1. The van der Waals surface area contributed by atoms with Gasteiger partial charge in [-0.2, -0.15) is 0 Å². The summed E-state index contributed by atoms with van der Waals surface area (Å²) in [6, 6.07) is 0. The summed E-state index contributed by atoms with van der Waals surface area (Å²) in [6.07, 6.45) is 7.58. The molecule has 2 rings (SSSR count). The van der Waals surface area contributed by atoms with Crippen LogP contribution in [0.4, 0.5) is 0 Å². The molecule has 4 heteroatoms. The van der Waals surface area contributed by atoms with Crippen LogP contribution in [0.3, 0.4) is 0 Å². The molecule has 1 aromatic rings. The van der Waals surface area contributed by atoms with Crippen molar-refractivity contribution >= 4 is 5.91 Å². The number of aromatic nitrogens is 2. The predicted molar refractivity (Wildman–Crippen MR) is 47.2 cm³/mol. The second-order valence-corrected chi connectivity index (χ2v) is 3.25. The first-order chi connectivity index (χ1) is 6.38. The largest absolute Gasteiger partial charge is 0.341 e. The van der Waals surface area contributed by atoms with Crippen LogP contribution < -0.4 is 0 Å². The zero-order valence-electron chi connectivity index (χ0n) is 7.42. The van der Waals surface area contributed by atoms with Gasteiger partial charge in [-0.3, -0.25) is 4.79 Å². The van der Waals surface area contributed by atoms with Crippen molar-refractivity contribution in [3.8, 4) is 0 Å². The zero-order chi connectivity index (χ0) is 9.10. The van der Waals surface area contributed by atoms with Gasteiger partial charge in [-0.05, 0) is 19.3 Å². The number of amides is 1. The second-order valence-electron chi connectivity index (χ2n) is 3.25. The van der Waals surface area contributed by atoms with E-state index in [2.05, 4.69) is 16.3 Å². The third-order valence-electron chi connectivity index (χ3n) is 2.31. The summed E-state index contributed by atoms with van der Waals surface area (Å²) < 4.78 is 0. The van der Waals surface area contributed by atoms with Crippen molar-refractivity contribution in [2.45, 2.75) is 19.3 Å². The maximum Gasteiger partial charge on any atom is 0.274 e. The third-order valence-corrected chi connectivity index (χ3v) is 2.31. The fraction of sp³-hybridized carbons (Fsp3) is 0.556. The summed E-state index contributed by atoms with van der Waals surface area (Å²) in [4.78, 5) is 20.0. The van der Waals surface area contributed by atoms with Gasteiger partial charge in [-0.15, -0.1) is 0 Å². The SMILES string of the molecule is O=C(c1c[nH][c]n1)N1CCCCC1. The van der Waals surface area contributed by atoms with E-state index in [1.54, 1.807) is 6.20 Å². The molecule has 1 aromatic heterocycles. The summed E-state index contributed by atoms with van der Waals surface area (Å²) in [5.74, 6) is 0.0252. The van der Waals surface area contributed by atoms with Crippen LogP contribution >= 0.6 is 0 Å². The minimum Gasteiger partial charge on any atom is -0.341 e. The predicted octanol–water partition coefficient (Wildman–Crippen LogP) is 0.836. The molecule has 1 amide bonds. The Hall–Kier alpha value is -1.32. The Labute approximate surface area is 77.0 Å². The average Bonchev–Trinajstić information content (AvgIpc) is 2.71. The highest BCUT2D eigenvalue weighted by Gasteiger charge is 2.18. The number of rotatable bonds is 1. The lowest BCUT2D eigenvalue weighted by atomic mass is 10.1. The number of H-pyrrole nitrogens is 1. The van der Waals surface area contributed by atoms with Gasteiger partial charge in [0.05, 0.1) is 0 Å². The lowest BCUT2D eigenvalue weighted by molar-refractivity contribution is 0.0719. The Morgan fingerprint density at radius 2 is 2.23 bits per heavy atom.